The van der Waals surface area contributed by atoms with E-state index in [-0.39, 0.29) is 12.0 Å². The zero-order valence-corrected chi connectivity index (χ0v) is 9.91. The largest absolute Gasteiger partial charge is 0.349 e. The van der Waals surface area contributed by atoms with Crippen molar-refractivity contribution in [2.75, 3.05) is 6.54 Å². The number of nitrogens with two attached hydrogens (primary N) is 1. The van der Waals surface area contributed by atoms with Crippen LogP contribution in [0.5, 0.6) is 0 Å². The van der Waals surface area contributed by atoms with Gasteiger partial charge in [0.1, 0.15) is 0 Å². The standard InChI is InChI=1S/C12H18N2O2/c1-8-4-5-11(6-9(8)2)12(15)14-7-10(3)16-13/h4-6,10H,7,13H2,1-3H3,(H,14,15). The zero-order chi connectivity index (χ0) is 12.1. The van der Waals surface area contributed by atoms with Crippen molar-refractivity contribution in [3.05, 3.63) is 34.9 Å². The normalized spacial score (nSPS) is 12.2. The minimum absolute atomic E-state index is 0.105. The SMILES string of the molecule is Cc1ccc(C(=O)NCC(C)ON)cc1C. The van der Waals surface area contributed by atoms with Gasteiger partial charge >= 0.3 is 0 Å². The molecule has 1 aromatic carbocycles. The summed E-state index contributed by atoms with van der Waals surface area (Å²) in [4.78, 5) is 16.3. The quantitative estimate of drug-likeness (QED) is 0.755. The Kier molecular flexibility index (Phi) is 4.46. The number of hydrogen-bond acceptors (Lipinski definition) is 3. The summed E-state index contributed by atoms with van der Waals surface area (Å²) in [6.45, 7) is 6.20. The monoisotopic (exact) mass is 222 g/mol. The number of amides is 1. The van der Waals surface area contributed by atoms with Crippen LogP contribution in [0.15, 0.2) is 18.2 Å². The molecule has 0 saturated carbocycles. The molecule has 3 N–H and O–H groups in total. The van der Waals surface area contributed by atoms with Gasteiger partial charge < -0.3 is 5.32 Å². The average Bonchev–Trinajstić information content (AvgIpc) is 2.29. The van der Waals surface area contributed by atoms with Crippen LogP contribution in [0.25, 0.3) is 0 Å². The Morgan fingerprint density at radius 2 is 2.12 bits per heavy atom. The molecule has 1 aromatic rings. The van der Waals surface area contributed by atoms with Crippen LogP contribution in [0, 0.1) is 13.8 Å². The second-order valence-electron chi connectivity index (χ2n) is 3.96. The van der Waals surface area contributed by atoms with E-state index in [0.29, 0.717) is 12.1 Å². The van der Waals surface area contributed by atoms with Crippen molar-refractivity contribution in [1.29, 1.82) is 0 Å². The van der Waals surface area contributed by atoms with Crippen LogP contribution in [0.4, 0.5) is 0 Å². The molecule has 0 aliphatic heterocycles. The third-order valence-corrected chi connectivity index (χ3v) is 2.55. The van der Waals surface area contributed by atoms with E-state index in [1.54, 1.807) is 6.92 Å². The summed E-state index contributed by atoms with van der Waals surface area (Å²) in [7, 11) is 0. The molecule has 16 heavy (non-hydrogen) atoms. The van der Waals surface area contributed by atoms with Gasteiger partial charge in [0.25, 0.3) is 5.91 Å². The molecule has 4 nitrogen and oxygen atoms in total. The molecule has 0 bridgehead atoms. The van der Waals surface area contributed by atoms with Gasteiger partial charge in [-0.15, -0.1) is 0 Å². The highest BCUT2D eigenvalue weighted by Crippen LogP contribution is 2.09. The van der Waals surface area contributed by atoms with Crippen LogP contribution in [0.2, 0.25) is 0 Å². The van der Waals surface area contributed by atoms with E-state index in [0.717, 1.165) is 5.56 Å². The predicted molar refractivity (Wildman–Crippen MR) is 63.0 cm³/mol. The molecule has 0 fully saturated rings. The van der Waals surface area contributed by atoms with Crippen LogP contribution in [0.3, 0.4) is 0 Å². The van der Waals surface area contributed by atoms with Crippen LogP contribution in [-0.4, -0.2) is 18.6 Å². The van der Waals surface area contributed by atoms with Crippen molar-refractivity contribution in [2.45, 2.75) is 26.9 Å². The highest BCUT2D eigenvalue weighted by molar-refractivity contribution is 5.94. The van der Waals surface area contributed by atoms with Crippen molar-refractivity contribution >= 4 is 5.91 Å². The predicted octanol–water partition coefficient (Wildman–Crippen LogP) is 1.31. The van der Waals surface area contributed by atoms with Crippen molar-refractivity contribution in [1.82, 2.24) is 5.32 Å². The molecule has 0 heterocycles. The Morgan fingerprint density at radius 1 is 1.44 bits per heavy atom. The summed E-state index contributed by atoms with van der Waals surface area (Å²) >= 11 is 0. The lowest BCUT2D eigenvalue weighted by Crippen LogP contribution is -2.33. The van der Waals surface area contributed by atoms with E-state index in [4.69, 9.17) is 5.90 Å². The number of aryl methyl sites for hydroxylation is 2. The van der Waals surface area contributed by atoms with Crippen molar-refractivity contribution in [3.8, 4) is 0 Å². The topological polar surface area (TPSA) is 64.3 Å². The first-order valence-electron chi connectivity index (χ1n) is 5.25. The maximum absolute atomic E-state index is 11.7. The van der Waals surface area contributed by atoms with Gasteiger partial charge in [0, 0.05) is 12.1 Å². The number of nitrogens with one attached hydrogen (secondary N) is 1. The number of rotatable bonds is 4. The third-order valence-electron chi connectivity index (χ3n) is 2.55. The van der Waals surface area contributed by atoms with E-state index in [1.807, 2.05) is 32.0 Å². The Bertz CT molecular complexity index is 377. The molecule has 0 radical (unpaired) electrons. The van der Waals surface area contributed by atoms with E-state index in [2.05, 4.69) is 10.2 Å². The molecular formula is C12H18N2O2. The number of carbonyl (C=O) groups excluding carboxylic acids is 1. The average molecular weight is 222 g/mol. The molecule has 0 aromatic heterocycles. The van der Waals surface area contributed by atoms with Crippen molar-refractivity contribution in [2.24, 2.45) is 5.90 Å². The highest BCUT2D eigenvalue weighted by Gasteiger charge is 2.08. The van der Waals surface area contributed by atoms with Gasteiger partial charge in [0.15, 0.2) is 0 Å². The fourth-order valence-corrected chi connectivity index (χ4v) is 1.27. The van der Waals surface area contributed by atoms with E-state index < -0.39 is 0 Å². The zero-order valence-electron chi connectivity index (χ0n) is 9.91. The summed E-state index contributed by atoms with van der Waals surface area (Å²) in [6, 6.07) is 5.62. The van der Waals surface area contributed by atoms with E-state index in [9.17, 15) is 4.79 Å². The number of benzene rings is 1. The number of hydrogen-bond donors (Lipinski definition) is 2. The molecule has 0 aliphatic rings. The molecule has 0 saturated heterocycles. The molecule has 1 unspecified atom stereocenters. The van der Waals surface area contributed by atoms with Gasteiger partial charge in [-0.25, -0.2) is 5.90 Å². The van der Waals surface area contributed by atoms with Crippen LogP contribution in [-0.2, 0) is 4.84 Å². The van der Waals surface area contributed by atoms with Crippen LogP contribution < -0.4 is 11.2 Å². The Morgan fingerprint density at radius 3 is 2.69 bits per heavy atom. The second kappa shape index (κ2) is 5.63. The third kappa shape index (κ3) is 3.32. The fourth-order valence-electron chi connectivity index (χ4n) is 1.27. The maximum Gasteiger partial charge on any atom is 0.251 e. The minimum atomic E-state index is -0.185. The molecule has 1 rings (SSSR count). The lowest BCUT2D eigenvalue weighted by molar-refractivity contribution is 0.0622. The van der Waals surface area contributed by atoms with Crippen molar-refractivity contribution in [3.63, 3.8) is 0 Å². The molecule has 1 atom stereocenters. The van der Waals surface area contributed by atoms with Gasteiger partial charge in [-0.2, -0.15) is 0 Å². The maximum atomic E-state index is 11.7. The molecule has 0 spiro atoms. The summed E-state index contributed by atoms with van der Waals surface area (Å²) in [5.74, 6) is 4.88. The molecule has 0 aliphatic carbocycles. The first kappa shape index (κ1) is 12.7. The lowest BCUT2D eigenvalue weighted by Gasteiger charge is -2.10. The van der Waals surface area contributed by atoms with Crippen LogP contribution >= 0.6 is 0 Å². The minimum Gasteiger partial charge on any atom is -0.349 e. The molecule has 88 valence electrons. The lowest BCUT2D eigenvalue weighted by atomic mass is 10.1. The van der Waals surface area contributed by atoms with Gasteiger partial charge in [0.2, 0.25) is 0 Å². The second-order valence-corrected chi connectivity index (χ2v) is 3.96. The Balaban J connectivity index is 2.63. The van der Waals surface area contributed by atoms with Gasteiger partial charge in [0.05, 0.1) is 6.10 Å². The summed E-state index contributed by atoms with van der Waals surface area (Å²) < 4.78 is 0. The van der Waals surface area contributed by atoms with E-state index >= 15 is 0 Å². The van der Waals surface area contributed by atoms with Gasteiger partial charge in [-0.3, -0.25) is 9.63 Å². The number of carbonyl (C=O) groups is 1. The first-order valence-corrected chi connectivity index (χ1v) is 5.25. The fraction of sp³-hybridized carbons (Fsp3) is 0.417. The molecule has 4 heteroatoms. The first-order chi connectivity index (χ1) is 7.54. The Hall–Kier alpha value is -1.39. The highest BCUT2D eigenvalue weighted by atomic mass is 16.6. The Labute approximate surface area is 95.7 Å². The van der Waals surface area contributed by atoms with Gasteiger partial charge in [-0.05, 0) is 44.0 Å². The molecular weight excluding hydrogens is 204 g/mol. The van der Waals surface area contributed by atoms with Gasteiger partial charge in [-0.1, -0.05) is 6.07 Å². The smallest absolute Gasteiger partial charge is 0.251 e. The summed E-state index contributed by atoms with van der Waals surface area (Å²) in [5, 5.41) is 2.75. The summed E-state index contributed by atoms with van der Waals surface area (Å²) in [6.07, 6.45) is -0.185. The van der Waals surface area contributed by atoms with E-state index in [1.165, 1.54) is 5.56 Å². The summed E-state index contributed by atoms with van der Waals surface area (Å²) in [5.41, 5.74) is 2.94. The van der Waals surface area contributed by atoms with Crippen LogP contribution in [0.1, 0.15) is 28.4 Å². The molecule has 1 amide bonds. The van der Waals surface area contributed by atoms with Crippen molar-refractivity contribution < 1.29 is 9.63 Å².